The molecule has 0 unspecified atom stereocenters. The Balaban J connectivity index is 2.17. The van der Waals surface area contributed by atoms with Gasteiger partial charge in [0.15, 0.2) is 5.78 Å². The molecular weight excluding hydrogens is 284 g/mol. The van der Waals surface area contributed by atoms with E-state index in [2.05, 4.69) is 63.6 Å². The molecule has 124 valence electrons. The largest absolute Gasteiger partial charge is 0.378 e. The molecule has 23 heavy (non-hydrogen) atoms. The fourth-order valence-corrected chi connectivity index (χ4v) is 3.21. The van der Waals surface area contributed by atoms with Crippen LogP contribution in [0.25, 0.3) is 0 Å². The van der Waals surface area contributed by atoms with Crippen molar-refractivity contribution in [3.63, 3.8) is 0 Å². The molecule has 0 bridgehead atoms. The molecule has 0 amide bonds. The van der Waals surface area contributed by atoms with Gasteiger partial charge >= 0.3 is 0 Å². The highest BCUT2D eigenvalue weighted by atomic mass is 16.1. The van der Waals surface area contributed by atoms with Gasteiger partial charge in [0.1, 0.15) is 0 Å². The third-order valence-corrected chi connectivity index (χ3v) is 4.36. The third-order valence-electron chi connectivity index (χ3n) is 4.36. The van der Waals surface area contributed by atoms with E-state index in [1.165, 1.54) is 11.1 Å². The minimum Gasteiger partial charge on any atom is -0.378 e. The van der Waals surface area contributed by atoms with Gasteiger partial charge in [0.25, 0.3) is 0 Å². The average Bonchev–Trinajstić information content (AvgIpc) is 2.74. The number of ketones is 1. The van der Waals surface area contributed by atoms with Crippen molar-refractivity contribution in [1.29, 1.82) is 0 Å². The molecule has 2 aromatic rings. The number of carbonyl (C=O) groups is 1. The molecule has 0 spiro atoms. The highest BCUT2D eigenvalue weighted by Crippen LogP contribution is 2.25. The average molecular weight is 312 g/mol. The lowest BCUT2D eigenvalue weighted by Crippen LogP contribution is -2.24. The quantitative estimate of drug-likeness (QED) is 0.825. The fraction of sp³-hybridized carbons (Fsp3) is 0.450. The number of Topliss-reactive ketones (excluding diaryl/α,β-unsaturated/α-hetero) is 1. The van der Waals surface area contributed by atoms with Crippen LogP contribution >= 0.6 is 0 Å². The SMILES string of the molecule is Cc1ccc(NCC(=O)c2cc(C)n(C(C)(C)C)c2C)cc1C. The molecule has 0 aliphatic carbocycles. The van der Waals surface area contributed by atoms with Crippen LogP contribution in [0.1, 0.15) is 53.6 Å². The van der Waals surface area contributed by atoms with E-state index < -0.39 is 0 Å². The maximum absolute atomic E-state index is 12.6. The summed E-state index contributed by atoms with van der Waals surface area (Å²) in [6.07, 6.45) is 0. The number of hydrogen-bond donors (Lipinski definition) is 1. The first-order chi connectivity index (χ1) is 10.6. The molecule has 0 atom stereocenters. The Kier molecular flexibility index (Phi) is 4.69. The first kappa shape index (κ1) is 17.3. The maximum Gasteiger partial charge on any atom is 0.183 e. The van der Waals surface area contributed by atoms with Gasteiger partial charge in [-0.3, -0.25) is 4.79 Å². The Morgan fingerprint density at radius 3 is 2.22 bits per heavy atom. The second-order valence-electron chi connectivity index (χ2n) is 7.37. The summed E-state index contributed by atoms with van der Waals surface area (Å²) in [7, 11) is 0. The number of nitrogens with one attached hydrogen (secondary N) is 1. The summed E-state index contributed by atoms with van der Waals surface area (Å²) < 4.78 is 2.23. The molecule has 0 fully saturated rings. The third kappa shape index (κ3) is 3.66. The molecule has 1 heterocycles. The summed E-state index contributed by atoms with van der Waals surface area (Å²) >= 11 is 0. The number of benzene rings is 1. The van der Waals surface area contributed by atoms with E-state index in [-0.39, 0.29) is 11.3 Å². The van der Waals surface area contributed by atoms with Gasteiger partial charge < -0.3 is 9.88 Å². The van der Waals surface area contributed by atoms with Gasteiger partial charge in [-0.1, -0.05) is 6.07 Å². The van der Waals surface area contributed by atoms with E-state index in [0.29, 0.717) is 6.54 Å². The Bertz CT molecular complexity index is 733. The normalized spacial score (nSPS) is 11.6. The Morgan fingerprint density at radius 2 is 1.70 bits per heavy atom. The summed E-state index contributed by atoms with van der Waals surface area (Å²) in [4.78, 5) is 12.6. The molecule has 3 heteroatoms. The first-order valence-electron chi connectivity index (χ1n) is 8.15. The summed E-state index contributed by atoms with van der Waals surface area (Å²) in [5.74, 6) is 0.131. The predicted molar refractivity (Wildman–Crippen MR) is 97.6 cm³/mol. The van der Waals surface area contributed by atoms with Crippen LogP contribution < -0.4 is 5.32 Å². The van der Waals surface area contributed by atoms with E-state index in [1.54, 1.807) is 0 Å². The van der Waals surface area contributed by atoms with E-state index in [0.717, 1.165) is 22.6 Å². The van der Waals surface area contributed by atoms with Gasteiger partial charge in [0.05, 0.1) is 6.54 Å². The number of anilines is 1. The molecular formula is C20H28N2O. The Morgan fingerprint density at radius 1 is 1.04 bits per heavy atom. The second kappa shape index (κ2) is 6.23. The monoisotopic (exact) mass is 312 g/mol. The van der Waals surface area contributed by atoms with E-state index >= 15 is 0 Å². The number of carbonyl (C=O) groups excluding carboxylic acids is 1. The summed E-state index contributed by atoms with van der Waals surface area (Å²) in [6, 6.07) is 8.19. The smallest absolute Gasteiger partial charge is 0.183 e. The van der Waals surface area contributed by atoms with Crippen LogP contribution in [-0.2, 0) is 5.54 Å². The summed E-state index contributed by atoms with van der Waals surface area (Å²) in [6.45, 7) is 15.1. The summed E-state index contributed by atoms with van der Waals surface area (Å²) in [5.41, 5.74) is 6.45. The summed E-state index contributed by atoms with van der Waals surface area (Å²) in [5, 5.41) is 3.25. The molecule has 3 nitrogen and oxygen atoms in total. The fourth-order valence-electron chi connectivity index (χ4n) is 3.21. The van der Waals surface area contributed by atoms with Crippen molar-refractivity contribution < 1.29 is 4.79 Å². The van der Waals surface area contributed by atoms with E-state index in [4.69, 9.17) is 0 Å². The molecule has 1 aromatic heterocycles. The van der Waals surface area contributed by atoms with Gasteiger partial charge in [0, 0.05) is 28.2 Å². The number of nitrogens with zero attached hydrogens (tertiary/aromatic N) is 1. The second-order valence-corrected chi connectivity index (χ2v) is 7.37. The minimum absolute atomic E-state index is 0.0196. The Labute approximate surface area is 139 Å². The molecule has 1 aromatic carbocycles. The van der Waals surface area contributed by atoms with Crippen LogP contribution in [0.15, 0.2) is 24.3 Å². The van der Waals surface area contributed by atoms with Crippen molar-refractivity contribution in [3.05, 3.63) is 52.3 Å². The minimum atomic E-state index is -0.0196. The molecule has 0 saturated heterocycles. The zero-order valence-corrected chi connectivity index (χ0v) is 15.4. The van der Waals surface area contributed by atoms with Crippen molar-refractivity contribution >= 4 is 11.5 Å². The molecule has 0 aliphatic heterocycles. The van der Waals surface area contributed by atoms with Crippen LogP contribution in [0.5, 0.6) is 0 Å². The number of hydrogen-bond acceptors (Lipinski definition) is 2. The lowest BCUT2D eigenvalue weighted by Gasteiger charge is -2.25. The van der Waals surface area contributed by atoms with Crippen molar-refractivity contribution in [2.75, 3.05) is 11.9 Å². The zero-order chi connectivity index (χ0) is 17.4. The van der Waals surface area contributed by atoms with Crippen LogP contribution in [0.4, 0.5) is 5.69 Å². The number of aryl methyl sites for hydroxylation is 3. The van der Waals surface area contributed by atoms with Crippen molar-refractivity contribution in [3.8, 4) is 0 Å². The molecule has 0 saturated carbocycles. The van der Waals surface area contributed by atoms with E-state index in [9.17, 15) is 4.79 Å². The maximum atomic E-state index is 12.6. The molecule has 2 rings (SSSR count). The van der Waals surface area contributed by atoms with E-state index in [1.807, 2.05) is 19.1 Å². The van der Waals surface area contributed by atoms with Gasteiger partial charge in [-0.2, -0.15) is 0 Å². The highest BCUT2D eigenvalue weighted by Gasteiger charge is 2.22. The van der Waals surface area contributed by atoms with Crippen LogP contribution in [0.2, 0.25) is 0 Å². The van der Waals surface area contributed by atoms with Crippen LogP contribution in [-0.4, -0.2) is 16.9 Å². The van der Waals surface area contributed by atoms with Gasteiger partial charge in [-0.05, 0) is 77.8 Å². The van der Waals surface area contributed by atoms with Crippen molar-refractivity contribution in [2.45, 2.75) is 54.0 Å². The first-order valence-corrected chi connectivity index (χ1v) is 8.15. The lowest BCUT2D eigenvalue weighted by molar-refractivity contribution is 0.100. The lowest BCUT2D eigenvalue weighted by atomic mass is 10.1. The van der Waals surface area contributed by atoms with Crippen LogP contribution in [0.3, 0.4) is 0 Å². The van der Waals surface area contributed by atoms with Crippen molar-refractivity contribution in [1.82, 2.24) is 4.57 Å². The Hall–Kier alpha value is -2.03. The van der Waals surface area contributed by atoms with Crippen LogP contribution in [0, 0.1) is 27.7 Å². The standard InChI is InChI=1S/C20H28N2O/c1-13-8-9-17(10-14(13)2)21-12-19(23)18-11-15(3)22(16(18)4)20(5,6)7/h8-11,21H,12H2,1-7H3. The van der Waals surface area contributed by atoms with Gasteiger partial charge in [-0.15, -0.1) is 0 Å². The predicted octanol–water partition coefficient (Wildman–Crippen LogP) is 4.77. The number of rotatable bonds is 4. The molecule has 0 aliphatic rings. The molecule has 1 N–H and O–H groups in total. The van der Waals surface area contributed by atoms with Gasteiger partial charge in [-0.25, -0.2) is 0 Å². The molecule has 0 radical (unpaired) electrons. The number of aromatic nitrogens is 1. The van der Waals surface area contributed by atoms with Crippen molar-refractivity contribution in [2.24, 2.45) is 0 Å². The zero-order valence-electron chi connectivity index (χ0n) is 15.4. The highest BCUT2D eigenvalue weighted by molar-refractivity contribution is 6.00. The van der Waals surface area contributed by atoms with Gasteiger partial charge in [0.2, 0.25) is 0 Å². The topological polar surface area (TPSA) is 34.0 Å².